The molecule has 90 valence electrons. The number of aromatic nitrogens is 2. The van der Waals surface area contributed by atoms with E-state index in [-0.39, 0.29) is 0 Å². The van der Waals surface area contributed by atoms with Crippen LogP contribution in [0.1, 0.15) is 29.7 Å². The van der Waals surface area contributed by atoms with E-state index in [1.54, 1.807) is 7.11 Å². The van der Waals surface area contributed by atoms with Gasteiger partial charge in [-0.1, -0.05) is 6.92 Å². The van der Waals surface area contributed by atoms with Crippen LogP contribution >= 0.6 is 0 Å². The molecule has 0 spiro atoms. The Balaban J connectivity index is 2.77. The third-order valence-electron chi connectivity index (χ3n) is 2.54. The van der Waals surface area contributed by atoms with Gasteiger partial charge in [-0.15, -0.1) is 0 Å². The lowest BCUT2D eigenvalue weighted by molar-refractivity contribution is 0.177. The van der Waals surface area contributed by atoms with Crippen molar-refractivity contribution in [3.63, 3.8) is 0 Å². The Morgan fingerprint density at radius 1 is 1.19 bits per heavy atom. The molecule has 1 aromatic rings. The molecule has 16 heavy (non-hydrogen) atoms. The summed E-state index contributed by atoms with van der Waals surface area (Å²) in [6.07, 6.45) is 0.985. The van der Waals surface area contributed by atoms with Gasteiger partial charge >= 0.3 is 0 Å². The second-order valence-electron chi connectivity index (χ2n) is 3.83. The molecule has 1 heterocycles. The molecular weight excluding hydrogens is 202 g/mol. The summed E-state index contributed by atoms with van der Waals surface area (Å²) in [7, 11) is 1.66. The van der Waals surface area contributed by atoms with Gasteiger partial charge in [0.2, 0.25) is 0 Å². The number of nitrogens with one attached hydrogen (secondary N) is 1. The monoisotopic (exact) mass is 223 g/mol. The fraction of sp³-hybridized carbons (Fsp3) is 0.667. The molecule has 0 aromatic carbocycles. The van der Waals surface area contributed by atoms with Crippen LogP contribution in [0.4, 0.5) is 0 Å². The summed E-state index contributed by atoms with van der Waals surface area (Å²) in [5.74, 6) is 0.768. The molecular formula is C12H21N3O. The minimum atomic E-state index is 0.481. The Kier molecular flexibility index (Phi) is 5.35. The van der Waals surface area contributed by atoms with E-state index in [1.807, 2.05) is 13.8 Å². The van der Waals surface area contributed by atoms with E-state index in [9.17, 15) is 0 Å². The van der Waals surface area contributed by atoms with Crippen molar-refractivity contribution in [2.24, 2.45) is 0 Å². The number of likely N-dealkylation sites (N-methyl/N-ethyl adjacent to an activating group) is 1. The average molecular weight is 223 g/mol. The first-order valence-corrected chi connectivity index (χ1v) is 5.71. The van der Waals surface area contributed by atoms with Crippen LogP contribution in [0.25, 0.3) is 0 Å². The van der Waals surface area contributed by atoms with Gasteiger partial charge in [-0.25, -0.2) is 9.97 Å². The summed E-state index contributed by atoms with van der Waals surface area (Å²) in [4.78, 5) is 8.88. The number of nitrogens with zero attached hydrogens (tertiary/aromatic N) is 2. The SMILES string of the molecule is CCNCCc1c(C)nc(COC)nc1C. The molecule has 1 N–H and O–H groups in total. The Bertz CT molecular complexity index is 316. The first kappa shape index (κ1) is 13.1. The topological polar surface area (TPSA) is 47.0 Å². The molecule has 0 aliphatic heterocycles. The molecule has 4 heteroatoms. The molecule has 0 saturated heterocycles. The van der Waals surface area contributed by atoms with Crippen LogP contribution in [-0.2, 0) is 17.8 Å². The lowest BCUT2D eigenvalue weighted by Gasteiger charge is -2.10. The fourth-order valence-electron chi connectivity index (χ4n) is 1.75. The molecule has 0 aliphatic rings. The maximum Gasteiger partial charge on any atom is 0.154 e. The van der Waals surface area contributed by atoms with Crippen LogP contribution in [0.5, 0.6) is 0 Å². The third-order valence-corrected chi connectivity index (χ3v) is 2.54. The van der Waals surface area contributed by atoms with E-state index in [0.717, 1.165) is 36.7 Å². The third kappa shape index (κ3) is 3.54. The minimum absolute atomic E-state index is 0.481. The number of methoxy groups -OCH3 is 1. The highest BCUT2D eigenvalue weighted by Gasteiger charge is 2.07. The zero-order valence-electron chi connectivity index (χ0n) is 10.6. The summed E-state index contributed by atoms with van der Waals surface area (Å²) in [5.41, 5.74) is 3.38. The van der Waals surface area contributed by atoms with E-state index in [2.05, 4.69) is 22.2 Å². The lowest BCUT2D eigenvalue weighted by atomic mass is 10.1. The Morgan fingerprint density at radius 2 is 1.81 bits per heavy atom. The maximum atomic E-state index is 5.04. The van der Waals surface area contributed by atoms with Crippen LogP contribution < -0.4 is 5.32 Å². The first-order valence-electron chi connectivity index (χ1n) is 5.71. The van der Waals surface area contributed by atoms with Crippen molar-refractivity contribution in [2.75, 3.05) is 20.2 Å². The highest BCUT2D eigenvalue weighted by molar-refractivity contribution is 5.24. The van der Waals surface area contributed by atoms with E-state index in [4.69, 9.17) is 4.74 Å². The van der Waals surface area contributed by atoms with Crippen molar-refractivity contribution < 1.29 is 4.74 Å². The van der Waals surface area contributed by atoms with Crippen molar-refractivity contribution >= 4 is 0 Å². The summed E-state index contributed by atoms with van der Waals surface area (Å²) in [5, 5.41) is 3.31. The molecule has 0 bridgehead atoms. The summed E-state index contributed by atoms with van der Waals surface area (Å²) in [6, 6.07) is 0. The molecule has 1 aromatic heterocycles. The quantitative estimate of drug-likeness (QED) is 0.740. The van der Waals surface area contributed by atoms with E-state index >= 15 is 0 Å². The number of ether oxygens (including phenoxy) is 1. The van der Waals surface area contributed by atoms with Gasteiger partial charge in [0.05, 0.1) is 0 Å². The number of hydrogen-bond donors (Lipinski definition) is 1. The van der Waals surface area contributed by atoms with Gasteiger partial charge in [-0.2, -0.15) is 0 Å². The van der Waals surface area contributed by atoms with Gasteiger partial charge in [0.25, 0.3) is 0 Å². The van der Waals surface area contributed by atoms with Gasteiger partial charge in [0.1, 0.15) is 6.61 Å². The summed E-state index contributed by atoms with van der Waals surface area (Å²) >= 11 is 0. The van der Waals surface area contributed by atoms with Crippen molar-refractivity contribution in [1.29, 1.82) is 0 Å². The number of hydrogen-bond acceptors (Lipinski definition) is 4. The molecule has 4 nitrogen and oxygen atoms in total. The Hall–Kier alpha value is -1.00. The van der Waals surface area contributed by atoms with Crippen LogP contribution in [0.3, 0.4) is 0 Å². The predicted octanol–water partition coefficient (Wildman–Crippen LogP) is 1.39. The minimum Gasteiger partial charge on any atom is -0.377 e. The second kappa shape index (κ2) is 6.55. The molecule has 0 unspecified atom stereocenters. The average Bonchev–Trinajstić information content (AvgIpc) is 2.23. The highest BCUT2D eigenvalue weighted by atomic mass is 16.5. The fourth-order valence-corrected chi connectivity index (χ4v) is 1.75. The molecule has 0 saturated carbocycles. The van der Waals surface area contributed by atoms with Gasteiger partial charge < -0.3 is 10.1 Å². The first-order chi connectivity index (χ1) is 7.69. The van der Waals surface area contributed by atoms with E-state index in [1.165, 1.54) is 5.56 Å². The van der Waals surface area contributed by atoms with E-state index in [0.29, 0.717) is 6.61 Å². The molecule has 1 rings (SSSR count). The predicted molar refractivity (Wildman–Crippen MR) is 64.5 cm³/mol. The lowest BCUT2D eigenvalue weighted by Crippen LogP contribution is -2.18. The highest BCUT2D eigenvalue weighted by Crippen LogP contribution is 2.11. The standard InChI is InChI=1S/C12H21N3O/c1-5-13-7-6-11-9(2)14-12(8-16-4)15-10(11)3/h13H,5-8H2,1-4H3. The normalized spacial score (nSPS) is 10.8. The zero-order valence-corrected chi connectivity index (χ0v) is 10.6. The maximum absolute atomic E-state index is 5.04. The van der Waals surface area contributed by atoms with Crippen molar-refractivity contribution in [2.45, 2.75) is 33.8 Å². The zero-order chi connectivity index (χ0) is 12.0. The molecule has 0 fully saturated rings. The number of rotatable bonds is 6. The Labute approximate surface area is 97.5 Å². The number of aryl methyl sites for hydroxylation is 2. The Morgan fingerprint density at radius 3 is 2.31 bits per heavy atom. The van der Waals surface area contributed by atoms with Crippen LogP contribution in [0.15, 0.2) is 0 Å². The van der Waals surface area contributed by atoms with Crippen molar-refractivity contribution in [3.05, 3.63) is 22.8 Å². The van der Waals surface area contributed by atoms with Crippen LogP contribution in [0.2, 0.25) is 0 Å². The molecule has 0 aliphatic carbocycles. The van der Waals surface area contributed by atoms with Crippen molar-refractivity contribution in [3.8, 4) is 0 Å². The smallest absolute Gasteiger partial charge is 0.154 e. The van der Waals surface area contributed by atoms with Gasteiger partial charge in [-0.3, -0.25) is 0 Å². The van der Waals surface area contributed by atoms with Crippen LogP contribution in [-0.4, -0.2) is 30.2 Å². The van der Waals surface area contributed by atoms with Crippen molar-refractivity contribution in [1.82, 2.24) is 15.3 Å². The largest absolute Gasteiger partial charge is 0.377 e. The van der Waals surface area contributed by atoms with Crippen LogP contribution in [0, 0.1) is 13.8 Å². The summed E-state index contributed by atoms with van der Waals surface area (Å²) in [6.45, 7) is 8.64. The second-order valence-corrected chi connectivity index (χ2v) is 3.83. The van der Waals surface area contributed by atoms with Gasteiger partial charge in [0.15, 0.2) is 5.82 Å². The molecule has 0 atom stereocenters. The van der Waals surface area contributed by atoms with E-state index < -0.39 is 0 Å². The molecule has 0 amide bonds. The van der Waals surface area contributed by atoms with Gasteiger partial charge in [0, 0.05) is 18.5 Å². The molecule has 0 radical (unpaired) electrons. The van der Waals surface area contributed by atoms with Gasteiger partial charge in [-0.05, 0) is 38.9 Å². The summed E-state index contributed by atoms with van der Waals surface area (Å²) < 4.78 is 5.04.